The lowest BCUT2D eigenvalue weighted by Gasteiger charge is -2.34. The normalized spacial score (nSPS) is 30.0. The molecule has 1 aromatic rings. The number of rotatable bonds is 4. The molecule has 0 aliphatic carbocycles. The van der Waals surface area contributed by atoms with E-state index in [-0.39, 0.29) is 16.8 Å². The zero-order valence-corrected chi connectivity index (χ0v) is 17.3. The summed E-state index contributed by atoms with van der Waals surface area (Å²) in [5.74, 6) is 0.583. The quantitative estimate of drug-likeness (QED) is 0.822. The van der Waals surface area contributed by atoms with Crippen molar-refractivity contribution < 1.29 is 13.2 Å². The number of piperidine rings is 2. The first kappa shape index (κ1) is 20.3. The first-order chi connectivity index (χ1) is 12.8. The predicted molar refractivity (Wildman–Crippen MR) is 106 cm³/mol. The van der Waals surface area contributed by atoms with Crippen molar-refractivity contribution in [3.8, 4) is 0 Å². The summed E-state index contributed by atoms with van der Waals surface area (Å²) in [7, 11) is -3.51. The minimum absolute atomic E-state index is 0.140. The van der Waals surface area contributed by atoms with E-state index in [1.54, 1.807) is 28.6 Å². The molecule has 6 nitrogen and oxygen atoms in total. The van der Waals surface area contributed by atoms with E-state index in [0.29, 0.717) is 36.5 Å². The summed E-state index contributed by atoms with van der Waals surface area (Å²) in [5.41, 5.74) is 0.500. The molecule has 0 bridgehead atoms. The molecule has 4 atom stereocenters. The Morgan fingerprint density at radius 2 is 1.70 bits per heavy atom. The van der Waals surface area contributed by atoms with E-state index < -0.39 is 10.0 Å². The smallest absolute Gasteiger partial charge is 0.251 e. The molecule has 2 heterocycles. The minimum Gasteiger partial charge on any atom is -0.349 e. The van der Waals surface area contributed by atoms with Crippen LogP contribution in [-0.4, -0.2) is 50.3 Å². The lowest BCUT2D eigenvalue weighted by molar-refractivity contribution is 0.0925. The Morgan fingerprint density at radius 3 is 2.30 bits per heavy atom. The molecule has 2 aliphatic heterocycles. The van der Waals surface area contributed by atoms with Gasteiger partial charge in [-0.2, -0.15) is 4.31 Å². The van der Waals surface area contributed by atoms with E-state index in [4.69, 9.17) is 0 Å². The largest absolute Gasteiger partial charge is 0.349 e. The SMILES string of the molecule is CC1CC(C)CN(S(=O)(=O)c2ccc(C(=O)NC3CCNC(C)C3)cc2)C1. The lowest BCUT2D eigenvalue weighted by atomic mass is 9.94. The second-order valence-electron chi connectivity index (χ2n) is 8.34. The lowest BCUT2D eigenvalue weighted by Crippen LogP contribution is -2.46. The molecule has 0 saturated carbocycles. The minimum atomic E-state index is -3.51. The summed E-state index contributed by atoms with van der Waals surface area (Å²) in [4.78, 5) is 12.7. The fourth-order valence-electron chi connectivity index (χ4n) is 4.26. The Kier molecular flexibility index (Phi) is 6.23. The highest BCUT2D eigenvalue weighted by molar-refractivity contribution is 7.89. The number of nitrogens with one attached hydrogen (secondary N) is 2. The second kappa shape index (κ2) is 8.29. The predicted octanol–water partition coefficient (Wildman–Crippen LogP) is 2.22. The maximum Gasteiger partial charge on any atom is 0.251 e. The molecular weight excluding hydrogens is 362 g/mol. The van der Waals surface area contributed by atoms with Crippen molar-refractivity contribution in [1.82, 2.24) is 14.9 Å². The molecule has 150 valence electrons. The molecule has 2 N–H and O–H groups in total. The van der Waals surface area contributed by atoms with Crippen molar-refractivity contribution in [2.24, 2.45) is 11.8 Å². The summed E-state index contributed by atoms with van der Waals surface area (Å²) < 4.78 is 27.4. The third-order valence-electron chi connectivity index (χ3n) is 5.55. The molecule has 2 fully saturated rings. The van der Waals surface area contributed by atoms with Crippen LogP contribution < -0.4 is 10.6 Å². The van der Waals surface area contributed by atoms with Crippen LogP contribution in [0.25, 0.3) is 0 Å². The van der Waals surface area contributed by atoms with E-state index in [9.17, 15) is 13.2 Å². The van der Waals surface area contributed by atoms with E-state index in [0.717, 1.165) is 25.8 Å². The van der Waals surface area contributed by atoms with Crippen LogP contribution in [0.15, 0.2) is 29.2 Å². The van der Waals surface area contributed by atoms with E-state index in [2.05, 4.69) is 31.4 Å². The van der Waals surface area contributed by atoms with Crippen molar-refractivity contribution >= 4 is 15.9 Å². The fraction of sp³-hybridized carbons (Fsp3) is 0.650. The number of hydrogen-bond acceptors (Lipinski definition) is 4. The Bertz CT molecular complexity index is 753. The van der Waals surface area contributed by atoms with E-state index in [1.165, 1.54) is 0 Å². The fourth-order valence-corrected chi connectivity index (χ4v) is 5.94. The van der Waals surface area contributed by atoms with Crippen molar-refractivity contribution in [3.63, 3.8) is 0 Å². The number of sulfonamides is 1. The summed E-state index contributed by atoms with van der Waals surface area (Å²) in [6, 6.07) is 6.89. The number of carbonyl (C=O) groups excluding carboxylic acids is 1. The highest BCUT2D eigenvalue weighted by atomic mass is 32.2. The second-order valence-corrected chi connectivity index (χ2v) is 10.3. The van der Waals surface area contributed by atoms with E-state index in [1.807, 2.05) is 0 Å². The molecule has 3 rings (SSSR count). The van der Waals surface area contributed by atoms with Gasteiger partial charge in [0.25, 0.3) is 5.91 Å². The zero-order chi connectivity index (χ0) is 19.6. The summed E-state index contributed by atoms with van der Waals surface area (Å²) in [6.07, 6.45) is 2.87. The molecule has 1 aromatic carbocycles. The number of carbonyl (C=O) groups is 1. The van der Waals surface area contributed by atoms with Gasteiger partial charge in [0.1, 0.15) is 0 Å². The molecule has 7 heteroatoms. The van der Waals surface area contributed by atoms with E-state index >= 15 is 0 Å². The molecule has 4 unspecified atom stereocenters. The van der Waals surface area contributed by atoms with Crippen LogP contribution in [0.4, 0.5) is 0 Å². The van der Waals surface area contributed by atoms with Crippen LogP contribution in [-0.2, 0) is 10.0 Å². The Balaban J connectivity index is 1.68. The molecule has 2 aliphatic rings. The molecule has 1 amide bonds. The number of amides is 1. The number of nitrogens with zero attached hydrogens (tertiary/aromatic N) is 1. The van der Waals surface area contributed by atoms with Crippen LogP contribution in [0.3, 0.4) is 0 Å². The van der Waals surface area contributed by atoms with Gasteiger partial charge in [0.15, 0.2) is 0 Å². The van der Waals surface area contributed by atoms with Gasteiger partial charge in [0.05, 0.1) is 4.90 Å². The van der Waals surface area contributed by atoms with Gasteiger partial charge in [-0.15, -0.1) is 0 Å². The van der Waals surface area contributed by atoms with Crippen molar-refractivity contribution in [1.29, 1.82) is 0 Å². The molecule has 27 heavy (non-hydrogen) atoms. The van der Waals surface area contributed by atoms with Gasteiger partial charge in [0, 0.05) is 30.7 Å². The Labute approximate surface area is 162 Å². The highest BCUT2D eigenvalue weighted by Gasteiger charge is 2.31. The number of hydrogen-bond donors (Lipinski definition) is 2. The van der Waals surface area contributed by atoms with Crippen LogP contribution in [0, 0.1) is 11.8 Å². The van der Waals surface area contributed by atoms with Crippen LogP contribution >= 0.6 is 0 Å². The van der Waals surface area contributed by atoms with Crippen LogP contribution in [0.5, 0.6) is 0 Å². The Hall–Kier alpha value is -1.44. The molecular formula is C20H31N3O3S. The van der Waals surface area contributed by atoms with Gasteiger partial charge in [-0.1, -0.05) is 13.8 Å². The number of benzene rings is 1. The summed E-state index contributed by atoms with van der Waals surface area (Å²) >= 11 is 0. The maximum atomic E-state index is 12.9. The topological polar surface area (TPSA) is 78.5 Å². The van der Waals surface area contributed by atoms with Crippen molar-refractivity contribution in [3.05, 3.63) is 29.8 Å². The molecule has 0 spiro atoms. The zero-order valence-electron chi connectivity index (χ0n) is 16.4. The molecule has 0 aromatic heterocycles. The maximum absolute atomic E-state index is 12.9. The van der Waals surface area contributed by atoms with Gasteiger partial charge in [-0.25, -0.2) is 8.42 Å². The molecule has 0 radical (unpaired) electrons. The van der Waals surface area contributed by atoms with Crippen molar-refractivity contribution in [2.75, 3.05) is 19.6 Å². The summed E-state index contributed by atoms with van der Waals surface area (Å²) in [5, 5.41) is 6.42. The van der Waals surface area contributed by atoms with Gasteiger partial charge in [-0.05, 0) is 68.8 Å². The first-order valence-electron chi connectivity index (χ1n) is 9.90. The van der Waals surface area contributed by atoms with Crippen LogP contribution in [0.1, 0.15) is 50.4 Å². The average molecular weight is 394 g/mol. The molecule has 2 saturated heterocycles. The third-order valence-corrected chi connectivity index (χ3v) is 7.39. The highest BCUT2D eigenvalue weighted by Crippen LogP contribution is 2.26. The standard InChI is InChI=1S/C20H31N3O3S/c1-14-10-15(2)13-23(12-14)27(25,26)19-6-4-17(5-7-19)20(24)22-18-8-9-21-16(3)11-18/h4-7,14-16,18,21H,8-13H2,1-3H3,(H,22,24). The average Bonchev–Trinajstić information content (AvgIpc) is 2.61. The first-order valence-corrected chi connectivity index (χ1v) is 11.3. The van der Waals surface area contributed by atoms with Gasteiger partial charge < -0.3 is 10.6 Å². The third kappa shape index (κ3) is 4.89. The monoisotopic (exact) mass is 393 g/mol. The Morgan fingerprint density at radius 1 is 1.07 bits per heavy atom. The van der Waals surface area contributed by atoms with Crippen LogP contribution in [0.2, 0.25) is 0 Å². The van der Waals surface area contributed by atoms with Gasteiger partial charge >= 0.3 is 0 Å². The summed E-state index contributed by atoms with van der Waals surface area (Å²) in [6.45, 7) is 8.31. The van der Waals surface area contributed by atoms with Crippen molar-refractivity contribution in [2.45, 2.75) is 57.0 Å². The van der Waals surface area contributed by atoms with Gasteiger partial charge in [-0.3, -0.25) is 4.79 Å². The van der Waals surface area contributed by atoms with Gasteiger partial charge in [0.2, 0.25) is 10.0 Å².